The zero-order valence-electron chi connectivity index (χ0n) is 48.2. The molecular formula is C66H54F6O14P4Ru2S2. The molecule has 12 aromatic carbocycles. The molecule has 0 spiro atoms. The summed E-state index contributed by atoms with van der Waals surface area (Å²) in [5.74, 6) is 0. The van der Waals surface area contributed by atoms with Gasteiger partial charge in [0.05, 0.1) is 17.2 Å². The zero-order valence-corrected chi connectivity index (χ0v) is 56.9. The van der Waals surface area contributed by atoms with Crippen LogP contribution in [-0.2, 0) is 59.2 Å². The van der Waals surface area contributed by atoms with Gasteiger partial charge in [-0.25, -0.2) is 16.8 Å². The Labute approximate surface area is 568 Å². The molecule has 0 radical (unpaired) electrons. The van der Waals surface area contributed by atoms with Gasteiger partial charge in [0.15, 0.2) is 20.2 Å². The Balaban J connectivity index is 0.000000354. The molecule has 0 aliphatic heterocycles. The topological polar surface area (TPSA) is 304 Å². The first-order valence-corrected chi connectivity index (χ1v) is 34.1. The van der Waals surface area contributed by atoms with Gasteiger partial charge in [-0.15, -0.1) is 0 Å². The van der Waals surface area contributed by atoms with Crippen molar-refractivity contribution in [3.8, 4) is 22.3 Å². The molecule has 0 aliphatic carbocycles. The van der Waals surface area contributed by atoms with Crippen molar-refractivity contribution in [2.75, 3.05) is 0 Å². The van der Waals surface area contributed by atoms with Gasteiger partial charge in [0.2, 0.25) is 0 Å². The average molecular weight is 1580 g/mol. The molecule has 0 bridgehead atoms. The summed E-state index contributed by atoms with van der Waals surface area (Å²) < 4.78 is 118. The van der Waals surface area contributed by atoms with E-state index >= 15 is 0 Å². The molecule has 28 heteroatoms. The van der Waals surface area contributed by atoms with Crippen molar-refractivity contribution in [3.05, 3.63) is 279 Å². The number of halogens is 6. The van der Waals surface area contributed by atoms with Crippen molar-refractivity contribution in [1.82, 2.24) is 0 Å². The Hall–Kier alpha value is -6.27. The molecule has 8 N–H and O–H groups in total. The summed E-state index contributed by atoms with van der Waals surface area (Å²) in [6.07, 6.45) is 0. The van der Waals surface area contributed by atoms with Crippen LogP contribution in [0.25, 0.3) is 65.3 Å². The summed E-state index contributed by atoms with van der Waals surface area (Å²) in [6.45, 7) is 0. The van der Waals surface area contributed by atoms with Crippen LogP contribution in [0.4, 0.5) is 26.3 Å². The maximum Gasteiger partial charge on any atom is 2.00 e. The van der Waals surface area contributed by atoms with E-state index in [1.165, 1.54) is 97.2 Å². The second-order valence-electron chi connectivity index (χ2n) is 18.7. The Morgan fingerprint density at radius 1 is 0.298 bits per heavy atom. The minimum Gasteiger partial charge on any atom is -0.786 e. The molecule has 0 aliphatic rings. The second-order valence-corrected chi connectivity index (χ2v) is 26.9. The fraction of sp³-hybridized carbons (Fsp3) is 0.0303. The molecule has 12 aromatic rings. The Bertz CT molecular complexity index is 4160. The van der Waals surface area contributed by atoms with Crippen molar-refractivity contribution in [2.24, 2.45) is 0 Å². The van der Waals surface area contributed by atoms with Crippen LogP contribution in [0.2, 0.25) is 0 Å². The molecule has 0 aromatic heterocycles. The largest absolute Gasteiger partial charge is 2.00 e. The summed E-state index contributed by atoms with van der Waals surface area (Å²) in [4.78, 5) is 45.9. The van der Waals surface area contributed by atoms with Gasteiger partial charge in [-0.2, -0.15) is 26.3 Å². The summed E-state index contributed by atoms with van der Waals surface area (Å²) in [6, 6.07) is 102. The SMILES string of the molecule is O.O.O=S(=O)([O-])C(F)(F)F.O=S(=O)([O-])C(F)(F)F.[O-]P(O)O.[O-]P(O)O.[Ru+2].[Ru+2].c1ccc(P(c2ccccc2)c2ccc3ccccc3c2-c2cccc3ccccc23)cc1.c1ccc(P(c2ccccc2)c2ccc3ccccc3c2-c2cccc3ccccc23)cc1. The molecule has 0 saturated carbocycles. The van der Waals surface area contributed by atoms with E-state index < -0.39 is 64.3 Å². The third-order valence-corrected chi connectivity index (χ3v) is 19.1. The standard InChI is InChI=1S/2C32H23P.2CHF3O3S.2H2O3P.2H2O.2Ru/c2*1-3-15-26(16-4-1)33(27-17-5-2-6-18-27)31-23-22-25-13-8-10-20-29(25)32(31)30-21-11-14-24-12-7-9-19-28(24)30;2*2-1(3,4)8(5,6)7;2*1-4(2)3;;;;/h2*1-23H;2*(H,5,6,7);2*1-2H;2*1H2;;/q;;;;2*-1;;;2*+2/p-2. The van der Waals surface area contributed by atoms with Crippen LogP contribution in [0.5, 0.6) is 0 Å². The van der Waals surface area contributed by atoms with Crippen LogP contribution >= 0.6 is 33.0 Å². The number of fused-ring (bicyclic) bond motifs is 4. The van der Waals surface area contributed by atoms with Crippen molar-refractivity contribution >= 4 is 128 Å². The van der Waals surface area contributed by atoms with Crippen molar-refractivity contribution in [3.63, 3.8) is 0 Å². The fourth-order valence-electron chi connectivity index (χ4n) is 9.51. The third kappa shape index (κ3) is 22.4. The van der Waals surface area contributed by atoms with Gasteiger partial charge < -0.3 is 49.4 Å². The monoisotopic (exact) mass is 1580 g/mol. The molecule has 0 heterocycles. The van der Waals surface area contributed by atoms with E-state index in [1.54, 1.807) is 0 Å². The first kappa shape index (κ1) is 82.0. The van der Waals surface area contributed by atoms with E-state index in [9.17, 15) is 26.3 Å². The van der Waals surface area contributed by atoms with Gasteiger partial charge >= 0.3 is 50.0 Å². The van der Waals surface area contributed by atoms with Gasteiger partial charge in [-0.1, -0.05) is 279 Å². The second kappa shape index (κ2) is 37.9. The predicted molar refractivity (Wildman–Crippen MR) is 353 cm³/mol. The van der Waals surface area contributed by atoms with E-state index in [4.69, 9.17) is 55.3 Å². The van der Waals surface area contributed by atoms with Gasteiger partial charge in [-0.3, -0.25) is 0 Å². The maximum absolute atomic E-state index is 10.7. The normalized spacial score (nSPS) is 11.1. The molecule has 0 amide bonds. The number of alkyl halides is 6. The van der Waals surface area contributed by atoms with E-state index in [0.717, 1.165) is 0 Å². The summed E-state index contributed by atoms with van der Waals surface area (Å²) in [5, 5.41) is 18.6. The van der Waals surface area contributed by atoms with E-state index in [-0.39, 0.29) is 49.9 Å². The Morgan fingerprint density at radius 3 is 0.723 bits per heavy atom. The molecule has 0 fully saturated rings. The number of benzene rings is 12. The molecule has 12 rings (SSSR count). The maximum atomic E-state index is 10.7. The molecule has 0 saturated heterocycles. The average Bonchev–Trinajstić information content (AvgIpc) is 0.758. The van der Waals surface area contributed by atoms with Gasteiger partial charge in [0.25, 0.3) is 0 Å². The van der Waals surface area contributed by atoms with Crippen molar-refractivity contribution in [2.45, 2.75) is 11.0 Å². The van der Waals surface area contributed by atoms with Gasteiger partial charge in [0.1, 0.15) is 0 Å². The van der Waals surface area contributed by atoms with Crippen molar-refractivity contribution < 1.29 is 132 Å². The third-order valence-electron chi connectivity index (χ3n) is 13.0. The number of hydrogen-bond acceptors (Lipinski definition) is 12. The smallest absolute Gasteiger partial charge is 0.786 e. The van der Waals surface area contributed by atoms with Gasteiger partial charge in [0, 0.05) is 0 Å². The summed E-state index contributed by atoms with van der Waals surface area (Å²) >= 11 is 0. The van der Waals surface area contributed by atoms with E-state index in [1.807, 2.05) is 0 Å². The molecule has 0 atom stereocenters. The minimum atomic E-state index is -6.09. The summed E-state index contributed by atoms with van der Waals surface area (Å²) in [5.41, 5.74) is -5.98. The minimum absolute atomic E-state index is 0. The van der Waals surface area contributed by atoms with E-state index in [2.05, 4.69) is 279 Å². The fourth-order valence-corrected chi connectivity index (χ4v) is 14.5. The Morgan fingerprint density at radius 2 is 0.489 bits per heavy atom. The van der Waals surface area contributed by atoms with Crippen LogP contribution in [-0.4, -0.2) is 67.5 Å². The van der Waals surface area contributed by atoms with Crippen LogP contribution in [0.15, 0.2) is 279 Å². The first-order valence-electron chi connectivity index (χ1n) is 26.3. The summed E-state index contributed by atoms with van der Waals surface area (Å²) in [7, 11) is -19.4. The Kier molecular flexibility index (Phi) is 33.0. The molecule has 492 valence electrons. The van der Waals surface area contributed by atoms with Crippen molar-refractivity contribution in [1.29, 1.82) is 0 Å². The number of rotatable bonds is 8. The zero-order chi connectivity index (χ0) is 65.2. The van der Waals surface area contributed by atoms with Crippen LogP contribution in [0.3, 0.4) is 0 Å². The van der Waals surface area contributed by atoms with Crippen LogP contribution in [0.1, 0.15) is 0 Å². The number of hydrogen-bond donors (Lipinski definition) is 4. The molecular weight excluding hydrogens is 1520 g/mol. The van der Waals surface area contributed by atoms with Crippen LogP contribution < -0.4 is 41.6 Å². The molecule has 94 heavy (non-hydrogen) atoms. The van der Waals surface area contributed by atoms with E-state index in [0.29, 0.717) is 0 Å². The predicted octanol–water partition coefficient (Wildman–Crippen LogP) is 10.4. The first-order chi connectivity index (χ1) is 42.8. The van der Waals surface area contributed by atoms with Crippen LogP contribution in [0, 0.1) is 0 Å². The van der Waals surface area contributed by atoms with Gasteiger partial charge in [-0.05, 0) is 113 Å². The molecule has 0 unspecified atom stereocenters. The molecule has 14 nitrogen and oxygen atoms in total. The quantitative estimate of drug-likeness (QED) is 0.0363.